The molecule has 4 nitrogen and oxygen atoms in total. The van der Waals surface area contributed by atoms with Gasteiger partial charge in [-0.2, -0.15) is 0 Å². The zero-order chi connectivity index (χ0) is 9.19. The minimum Gasteiger partial charge on any atom is -0.326 e. The Morgan fingerprint density at radius 1 is 1.33 bits per heavy atom. The van der Waals surface area contributed by atoms with E-state index in [9.17, 15) is 8.42 Å². The number of hydrogen-bond donors (Lipinski definition) is 2. The SMILES string of the molecule is NCc1cccc(S(N)(=O)=O)c1. The van der Waals surface area contributed by atoms with Crippen LogP contribution in [0.1, 0.15) is 5.56 Å². The molecule has 1 aromatic rings. The third-order valence-corrected chi connectivity index (χ3v) is 2.37. The van der Waals surface area contributed by atoms with Crippen LogP contribution in [0.15, 0.2) is 29.2 Å². The maximum atomic E-state index is 10.8. The fourth-order valence-electron chi connectivity index (χ4n) is 0.849. The van der Waals surface area contributed by atoms with E-state index >= 15 is 0 Å². The van der Waals surface area contributed by atoms with Gasteiger partial charge in [-0.25, -0.2) is 13.6 Å². The molecule has 0 saturated carbocycles. The van der Waals surface area contributed by atoms with E-state index in [1.165, 1.54) is 12.1 Å². The third kappa shape index (κ3) is 2.04. The summed E-state index contributed by atoms with van der Waals surface area (Å²) in [6.07, 6.45) is 0. The van der Waals surface area contributed by atoms with Gasteiger partial charge in [-0.15, -0.1) is 0 Å². The minimum absolute atomic E-state index is 0.102. The summed E-state index contributed by atoms with van der Waals surface area (Å²) in [5.74, 6) is 0. The van der Waals surface area contributed by atoms with Crippen LogP contribution in [-0.2, 0) is 16.6 Å². The van der Waals surface area contributed by atoms with E-state index in [1.807, 2.05) is 0 Å². The van der Waals surface area contributed by atoms with Crippen LogP contribution < -0.4 is 10.9 Å². The zero-order valence-electron chi connectivity index (χ0n) is 6.40. The molecule has 66 valence electrons. The molecule has 0 fully saturated rings. The van der Waals surface area contributed by atoms with Gasteiger partial charge in [0.05, 0.1) is 4.90 Å². The Morgan fingerprint density at radius 3 is 2.50 bits per heavy atom. The summed E-state index contributed by atoms with van der Waals surface area (Å²) in [4.78, 5) is 0.102. The first-order chi connectivity index (χ1) is 5.54. The van der Waals surface area contributed by atoms with E-state index < -0.39 is 10.0 Å². The Kier molecular flexibility index (Phi) is 2.46. The van der Waals surface area contributed by atoms with Crippen molar-refractivity contribution in [3.05, 3.63) is 29.8 Å². The molecule has 4 N–H and O–H groups in total. The van der Waals surface area contributed by atoms with Crippen LogP contribution >= 0.6 is 0 Å². The van der Waals surface area contributed by atoms with Gasteiger partial charge < -0.3 is 5.73 Å². The highest BCUT2D eigenvalue weighted by Gasteiger charge is 2.06. The zero-order valence-corrected chi connectivity index (χ0v) is 7.21. The Labute approximate surface area is 71.2 Å². The highest BCUT2D eigenvalue weighted by Crippen LogP contribution is 2.08. The average Bonchev–Trinajstić information content (AvgIpc) is 2.03. The van der Waals surface area contributed by atoms with Crippen molar-refractivity contribution in [2.24, 2.45) is 10.9 Å². The first kappa shape index (κ1) is 9.18. The Balaban J connectivity index is 3.20. The van der Waals surface area contributed by atoms with Crippen molar-refractivity contribution in [3.8, 4) is 0 Å². The van der Waals surface area contributed by atoms with Gasteiger partial charge >= 0.3 is 0 Å². The van der Waals surface area contributed by atoms with Crippen LogP contribution in [0.5, 0.6) is 0 Å². The molecule has 1 aromatic carbocycles. The molecule has 5 heteroatoms. The topological polar surface area (TPSA) is 86.2 Å². The lowest BCUT2D eigenvalue weighted by Gasteiger charge is -1.99. The predicted molar refractivity (Wildman–Crippen MR) is 45.7 cm³/mol. The molecule has 0 radical (unpaired) electrons. The van der Waals surface area contributed by atoms with Crippen LogP contribution in [0, 0.1) is 0 Å². The second-order valence-electron chi connectivity index (χ2n) is 2.40. The van der Waals surface area contributed by atoms with Crippen LogP contribution in [0.25, 0.3) is 0 Å². The quantitative estimate of drug-likeness (QED) is 0.670. The van der Waals surface area contributed by atoms with Gasteiger partial charge in [-0.1, -0.05) is 12.1 Å². The van der Waals surface area contributed by atoms with Gasteiger partial charge in [0.2, 0.25) is 10.0 Å². The lowest BCUT2D eigenvalue weighted by molar-refractivity contribution is 0.597. The monoisotopic (exact) mass is 186 g/mol. The molecule has 0 bridgehead atoms. The maximum Gasteiger partial charge on any atom is 0.238 e. The van der Waals surface area contributed by atoms with Gasteiger partial charge in [0.25, 0.3) is 0 Å². The molecule has 12 heavy (non-hydrogen) atoms. The molecule has 0 atom stereocenters. The molecule has 1 rings (SSSR count). The van der Waals surface area contributed by atoms with Crippen LogP contribution in [0.2, 0.25) is 0 Å². The number of primary sulfonamides is 1. The molecule has 0 amide bonds. The highest BCUT2D eigenvalue weighted by atomic mass is 32.2. The van der Waals surface area contributed by atoms with E-state index in [4.69, 9.17) is 10.9 Å². The summed E-state index contributed by atoms with van der Waals surface area (Å²) in [7, 11) is -3.59. The molecular weight excluding hydrogens is 176 g/mol. The predicted octanol–water partition coefficient (Wildman–Crippen LogP) is -0.207. The molecule has 0 heterocycles. The smallest absolute Gasteiger partial charge is 0.238 e. The van der Waals surface area contributed by atoms with Crippen molar-refractivity contribution in [3.63, 3.8) is 0 Å². The normalized spacial score (nSPS) is 11.5. The molecule has 0 aromatic heterocycles. The lowest BCUT2D eigenvalue weighted by atomic mass is 10.2. The van der Waals surface area contributed by atoms with E-state index in [2.05, 4.69) is 0 Å². The average molecular weight is 186 g/mol. The summed E-state index contributed by atoms with van der Waals surface area (Å²) in [6, 6.07) is 6.26. The van der Waals surface area contributed by atoms with Gasteiger partial charge in [-0.3, -0.25) is 0 Å². The molecule has 0 aliphatic carbocycles. The molecule has 0 aliphatic heterocycles. The summed E-state index contributed by atoms with van der Waals surface area (Å²) >= 11 is 0. The van der Waals surface area contributed by atoms with Crippen molar-refractivity contribution < 1.29 is 8.42 Å². The Morgan fingerprint density at radius 2 is 2.00 bits per heavy atom. The summed E-state index contributed by atoms with van der Waals surface area (Å²) in [6.45, 7) is 0.309. The van der Waals surface area contributed by atoms with Crippen molar-refractivity contribution in [2.75, 3.05) is 0 Å². The second kappa shape index (κ2) is 3.22. The van der Waals surface area contributed by atoms with Crippen molar-refractivity contribution >= 4 is 10.0 Å². The molecular formula is C7H10N2O2S. The minimum atomic E-state index is -3.59. The lowest BCUT2D eigenvalue weighted by Crippen LogP contribution is -2.12. The Hall–Kier alpha value is -0.910. The number of sulfonamides is 1. The number of nitrogens with two attached hydrogens (primary N) is 2. The van der Waals surface area contributed by atoms with Gasteiger partial charge in [-0.05, 0) is 17.7 Å². The summed E-state index contributed by atoms with van der Waals surface area (Å²) in [5.41, 5.74) is 6.08. The standard InChI is InChI=1S/C7H10N2O2S/c8-5-6-2-1-3-7(4-6)12(9,10)11/h1-4H,5,8H2,(H2,9,10,11). The van der Waals surface area contributed by atoms with Gasteiger partial charge in [0.15, 0.2) is 0 Å². The van der Waals surface area contributed by atoms with E-state index in [1.54, 1.807) is 12.1 Å². The highest BCUT2D eigenvalue weighted by molar-refractivity contribution is 7.89. The molecule has 0 unspecified atom stereocenters. The van der Waals surface area contributed by atoms with Crippen molar-refractivity contribution in [1.29, 1.82) is 0 Å². The largest absolute Gasteiger partial charge is 0.326 e. The summed E-state index contributed by atoms with van der Waals surface area (Å²) < 4.78 is 21.7. The Bertz CT molecular complexity index is 373. The number of rotatable bonds is 2. The number of benzene rings is 1. The van der Waals surface area contributed by atoms with Gasteiger partial charge in [0.1, 0.15) is 0 Å². The first-order valence-electron chi connectivity index (χ1n) is 3.36. The fraction of sp³-hybridized carbons (Fsp3) is 0.143. The van der Waals surface area contributed by atoms with E-state index in [0.717, 1.165) is 5.56 Å². The van der Waals surface area contributed by atoms with E-state index in [0.29, 0.717) is 6.54 Å². The van der Waals surface area contributed by atoms with Crippen LogP contribution in [0.4, 0.5) is 0 Å². The maximum absolute atomic E-state index is 10.8. The van der Waals surface area contributed by atoms with Crippen molar-refractivity contribution in [2.45, 2.75) is 11.4 Å². The molecule has 0 spiro atoms. The van der Waals surface area contributed by atoms with Crippen LogP contribution in [-0.4, -0.2) is 8.42 Å². The fourth-order valence-corrected chi connectivity index (χ4v) is 1.43. The van der Waals surface area contributed by atoms with Gasteiger partial charge in [0, 0.05) is 6.54 Å². The van der Waals surface area contributed by atoms with Crippen LogP contribution in [0.3, 0.4) is 0 Å². The third-order valence-electron chi connectivity index (χ3n) is 1.46. The molecule has 0 aliphatic rings. The van der Waals surface area contributed by atoms with E-state index in [-0.39, 0.29) is 4.90 Å². The number of hydrogen-bond acceptors (Lipinski definition) is 3. The summed E-state index contributed by atoms with van der Waals surface area (Å²) in [5, 5.41) is 4.91. The first-order valence-corrected chi connectivity index (χ1v) is 4.90. The second-order valence-corrected chi connectivity index (χ2v) is 3.96. The molecule has 0 saturated heterocycles. The van der Waals surface area contributed by atoms with Crippen molar-refractivity contribution in [1.82, 2.24) is 0 Å².